The second-order valence-corrected chi connectivity index (χ2v) is 1.80. The van der Waals surface area contributed by atoms with E-state index >= 15 is 0 Å². The van der Waals surface area contributed by atoms with Gasteiger partial charge in [0.05, 0.1) is 6.26 Å². The third kappa shape index (κ3) is 0.633. The summed E-state index contributed by atoms with van der Waals surface area (Å²) in [5.74, 6) is 0.869. The summed E-state index contributed by atoms with van der Waals surface area (Å²) in [6.07, 6.45) is 5.30. The molecular formula is C7H5NO. The molecule has 0 spiro atoms. The lowest BCUT2D eigenvalue weighted by Gasteiger charge is -2.01. The summed E-state index contributed by atoms with van der Waals surface area (Å²) in [7, 11) is 0. The normalized spacial score (nSPS) is 14.7. The first-order chi connectivity index (χ1) is 4.47. The Labute approximate surface area is 53.2 Å². The Balaban J connectivity index is 2.53. The molecule has 44 valence electrons. The van der Waals surface area contributed by atoms with Gasteiger partial charge in [0.2, 0.25) is 0 Å². The lowest BCUT2D eigenvalue weighted by atomic mass is 10.2. The highest BCUT2D eigenvalue weighted by Crippen LogP contribution is 2.15. The Kier molecular flexibility index (Phi) is 0.859. The molecule has 0 fully saturated rings. The zero-order valence-corrected chi connectivity index (χ0v) is 4.72. The molecule has 9 heavy (non-hydrogen) atoms. The Morgan fingerprint density at radius 2 is 2.56 bits per heavy atom. The van der Waals surface area contributed by atoms with Crippen molar-refractivity contribution in [1.29, 1.82) is 0 Å². The topological polar surface area (TPSA) is 25.2 Å². The van der Waals surface area contributed by atoms with Crippen LogP contribution in [0.2, 0.25) is 0 Å². The lowest BCUT2D eigenvalue weighted by Crippen LogP contribution is -2.04. The molecule has 1 aliphatic heterocycles. The van der Waals surface area contributed by atoms with Crippen molar-refractivity contribution < 1.29 is 4.42 Å². The molecule has 2 radical (unpaired) electrons. The number of rotatable bonds is 0. The second kappa shape index (κ2) is 1.65. The Bertz CT molecular complexity index is 237. The van der Waals surface area contributed by atoms with Crippen molar-refractivity contribution in [1.82, 2.24) is 5.32 Å². The van der Waals surface area contributed by atoms with Crippen molar-refractivity contribution >= 4 is 6.08 Å². The van der Waals surface area contributed by atoms with Gasteiger partial charge in [0.25, 0.3) is 0 Å². The van der Waals surface area contributed by atoms with Crippen molar-refractivity contribution in [3.05, 3.63) is 36.4 Å². The van der Waals surface area contributed by atoms with Crippen LogP contribution < -0.4 is 5.32 Å². The average Bonchev–Trinajstić information content (AvgIpc) is 2.33. The van der Waals surface area contributed by atoms with Crippen molar-refractivity contribution in [2.75, 3.05) is 0 Å². The Morgan fingerprint density at radius 3 is 3.44 bits per heavy atom. The molecule has 1 aromatic rings. The summed E-state index contributed by atoms with van der Waals surface area (Å²) >= 11 is 0. The van der Waals surface area contributed by atoms with Crippen molar-refractivity contribution in [2.45, 2.75) is 0 Å². The zero-order valence-electron chi connectivity index (χ0n) is 4.72. The fraction of sp³-hybridized carbons (Fsp3) is 0. The fourth-order valence-electron chi connectivity index (χ4n) is 0.790. The first-order valence-corrected chi connectivity index (χ1v) is 2.72. The summed E-state index contributed by atoms with van der Waals surface area (Å²) < 4.78 is 5.07. The third-order valence-corrected chi connectivity index (χ3v) is 1.22. The van der Waals surface area contributed by atoms with E-state index in [1.54, 1.807) is 12.5 Å². The predicted octanol–water partition coefficient (Wildman–Crippen LogP) is 1.24. The van der Waals surface area contributed by atoms with Gasteiger partial charge in [0.15, 0.2) is 0 Å². The van der Waals surface area contributed by atoms with Crippen LogP contribution in [0.5, 0.6) is 0 Å². The van der Waals surface area contributed by atoms with Gasteiger partial charge in [-0.05, 0) is 12.1 Å². The molecule has 0 unspecified atom stereocenters. The minimum absolute atomic E-state index is 0.869. The van der Waals surface area contributed by atoms with Gasteiger partial charge >= 0.3 is 0 Å². The molecule has 1 aromatic heterocycles. The van der Waals surface area contributed by atoms with Gasteiger partial charge in [-0.3, -0.25) is 0 Å². The van der Waals surface area contributed by atoms with E-state index < -0.39 is 0 Å². The number of fused-ring (bicyclic) bond motifs is 1. The highest BCUT2D eigenvalue weighted by Gasteiger charge is 2.05. The third-order valence-electron chi connectivity index (χ3n) is 1.22. The monoisotopic (exact) mass is 119 g/mol. The average molecular weight is 119 g/mol. The van der Waals surface area contributed by atoms with Crippen LogP contribution in [0.1, 0.15) is 11.3 Å². The van der Waals surface area contributed by atoms with E-state index in [2.05, 4.69) is 11.9 Å². The van der Waals surface area contributed by atoms with Crippen LogP contribution in [0.4, 0.5) is 0 Å². The molecule has 2 heterocycles. The maximum atomic E-state index is 5.07. The van der Waals surface area contributed by atoms with E-state index in [4.69, 9.17) is 4.42 Å². The summed E-state index contributed by atoms with van der Waals surface area (Å²) in [6.45, 7) is 2.91. The van der Waals surface area contributed by atoms with E-state index in [0.29, 0.717) is 0 Å². The first kappa shape index (κ1) is 4.68. The van der Waals surface area contributed by atoms with Crippen molar-refractivity contribution in [2.24, 2.45) is 0 Å². The quantitative estimate of drug-likeness (QED) is 0.555. The van der Waals surface area contributed by atoms with E-state index in [-0.39, 0.29) is 0 Å². The Hall–Kier alpha value is -1.18. The number of furan rings is 1. The van der Waals surface area contributed by atoms with Crippen LogP contribution in [0.25, 0.3) is 6.08 Å². The van der Waals surface area contributed by atoms with Gasteiger partial charge < -0.3 is 9.73 Å². The number of hydrogen-bond donors (Lipinski definition) is 1. The van der Waals surface area contributed by atoms with E-state index in [1.165, 1.54) is 0 Å². The minimum atomic E-state index is 0.869. The highest BCUT2D eigenvalue weighted by molar-refractivity contribution is 5.52. The maximum Gasteiger partial charge on any atom is 0.133 e. The first-order valence-electron chi connectivity index (χ1n) is 2.72. The summed E-state index contributed by atoms with van der Waals surface area (Å²) in [6, 6.07) is 1.87. The van der Waals surface area contributed by atoms with Crippen LogP contribution >= 0.6 is 0 Å². The fourth-order valence-corrected chi connectivity index (χ4v) is 0.790. The van der Waals surface area contributed by atoms with Crippen LogP contribution in [0.15, 0.2) is 22.9 Å². The van der Waals surface area contributed by atoms with Gasteiger partial charge in [-0.15, -0.1) is 0 Å². The molecule has 2 heteroatoms. The molecule has 0 aromatic carbocycles. The van der Waals surface area contributed by atoms with Gasteiger partial charge in [0.1, 0.15) is 12.3 Å². The minimum Gasteiger partial charge on any atom is -0.465 e. The molecule has 0 amide bonds. The highest BCUT2D eigenvalue weighted by atomic mass is 16.3. The molecule has 0 bridgehead atoms. The van der Waals surface area contributed by atoms with Crippen molar-refractivity contribution in [3.63, 3.8) is 0 Å². The molecule has 0 saturated heterocycles. The number of nitrogens with one attached hydrogen (secondary N) is 1. The molecule has 0 aliphatic carbocycles. The predicted molar refractivity (Wildman–Crippen MR) is 33.2 cm³/mol. The molecule has 2 rings (SSSR count). The van der Waals surface area contributed by atoms with Gasteiger partial charge in [-0.25, -0.2) is 0 Å². The van der Waals surface area contributed by atoms with Gasteiger partial charge in [-0.1, -0.05) is 0 Å². The number of hydrogen-bond acceptors (Lipinski definition) is 2. The van der Waals surface area contributed by atoms with E-state index in [0.717, 1.165) is 11.3 Å². The molecule has 0 atom stereocenters. The summed E-state index contributed by atoms with van der Waals surface area (Å²) in [4.78, 5) is 0. The smallest absolute Gasteiger partial charge is 0.133 e. The summed E-state index contributed by atoms with van der Waals surface area (Å²) in [5, 5.41) is 2.84. The second-order valence-electron chi connectivity index (χ2n) is 1.80. The zero-order chi connectivity index (χ0) is 6.10. The van der Waals surface area contributed by atoms with Crippen molar-refractivity contribution in [3.8, 4) is 0 Å². The van der Waals surface area contributed by atoms with Crippen LogP contribution in [-0.2, 0) is 0 Å². The van der Waals surface area contributed by atoms with Crippen LogP contribution in [-0.4, -0.2) is 0 Å². The van der Waals surface area contributed by atoms with E-state index in [1.807, 2.05) is 12.1 Å². The van der Waals surface area contributed by atoms with Gasteiger partial charge in [0, 0.05) is 11.8 Å². The molecule has 0 saturated carbocycles. The molecule has 1 N–H and O–H groups in total. The van der Waals surface area contributed by atoms with Crippen LogP contribution in [0.3, 0.4) is 0 Å². The SMILES string of the molecule is [C]1NC=Cc2occc21. The van der Waals surface area contributed by atoms with Crippen LogP contribution in [0, 0.1) is 6.54 Å². The standard InChI is InChI=1S/C7H5NO/c1-3-8-5-6-2-4-9-7(1)6/h1-4,8H. The van der Waals surface area contributed by atoms with Gasteiger partial charge in [-0.2, -0.15) is 0 Å². The lowest BCUT2D eigenvalue weighted by molar-refractivity contribution is 0.553. The van der Waals surface area contributed by atoms with E-state index in [9.17, 15) is 0 Å². The maximum absolute atomic E-state index is 5.07. The molecule has 1 aliphatic rings. The molecule has 2 nitrogen and oxygen atoms in total. The Morgan fingerprint density at radius 1 is 1.56 bits per heavy atom. The molecular weight excluding hydrogens is 114 g/mol. The largest absolute Gasteiger partial charge is 0.465 e. The summed E-state index contributed by atoms with van der Waals surface area (Å²) in [5.41, 5.74) is 0.984.